The maximum Gasteiger partial charge on any atom is 0.304 e. The molecule has 0 saturated heterocycles. The third kappa shape index (κ3) is 5.71. The van der Waals surface area contributed by atoms with Crippen molar-refractivity contribution in [3.63, 3.8) is 0 Å². The number of carboxylic acid groups (broad SMARTS) is 1. The summed E-state index contributed by atoms with van der Waals surface area (Å²) >= 11 is 6.13. The number of hydrogen-bond donors (Lipinski definition) is 2. The Morgan fingerprint density at radius 2 is 2.00 bits per heavy atom. The first-order valence-corrected chi connectivity index (χ1v) is 7.21. The summed E-state index contributed by atoms with van der Waals surface area (Å²) in [6.07, 6.45) is 3.35. The van der Waals surface area contributed by atoms with Gasteiger partial charge in [-0.05, 0) is 41.9 Å². The van der Waals surface area contributed by atoms with Gasteiger partial charge in [-0.2, -0.15) is 0 Å². The van der Waals surface area contributed by atoms with Crippen LogP contribution in [0.3, 0.4) is 0 Å². The molecule has 2 rings (SSSR count). The number of ether oxygens (including phenoxy) is 1. The van der Waals surface area contributed by atoms with E-state index in [0.29, 0.717) is 17.4 Å². The molecule has 0 spiro atoms. The van der Waals surface area contributed by atoms with E-state index in [2.05, 4.69) is 4.98 Å². The molecule has 0 saturated carbocycles. The second kappa shape index (κ2) is 9.35. The topological polar surface area (TPSA) is 85.4 Å². The minimum atomic E-state index is -0.885. The highest BCUT2D eigenvalue weighted by Crippen LogP contribution is 2.30. The average molecular weight is 357 g/mol. The van der Waals surface area contributed by atoms with Gasteiger partial charge in [0.1, 0.15) is 12.4 Å². The van der Waals surface area contributed by atoms with Crippen molar-refractivity contribution in [1.82, 2.24) is 4.98 Å². The van der Waals surface area contributed by atoms with Crippen molar-refractivity contribution in [3.8, 4) is 5.75 Å². The molecular formula is C16H18Cl2N2O3. The summed E-state index contributed by atoms with van der Waals surface area (Å²) in [6.45, 7) is 0.607. The van der Waals surface area contributed by atoms with E-state index in [1.165, 1.54) is 0 Å². The number of aliphatic carboxylic acids is 1. The van der Waals surface area contributed by atoms with Crippen LogP contribution in [0.2, 0.25) is 5.02 Å². The molecular weight excluding hydrogens is 339 g/mol. The number of hydrogen-bond acceptors (Lipinski definition) is 4. The maximum atomic E-state index is 10.9. The summed E-state index contributed by atoms with van der Waals surface area (Å²) in [4.78, 5) is 14.8. The van der Waals surface area contributed by atoms with Crippen LogP contribution in [0.25, 0.3) is 0 Å². The van der Waals surface area contributed by atoms with Gasteiger partial charge >= 0.3 is 5.97 Å². The first-order valence-electron chi connectivity index (χ1n) is 6.83. The van der Waals surface area contributed by atoms with Crippen LogP contribution in [0, 0.1) is 0 Å². The third-order valence-corrected chi connectivity index (χ3v) is 3.59. The fraction of sp³-hybridized carbons (Fsp3) is 0.250. The summed E-state index contributed by atoms with van der Waals surface area (Å²) in [5.41, 5.74) is 7.44. The van der Waals surface area contributed by atoms with Gasteiger partial charge in [0.05, 0.1) is 11.4 Å². The fourth-order valence-corrected chi connectivity index (χ4v) is 2.24. The minimum absolute atomic E-state index is 0. The molecule has 0 aliphatic heterocycles. The lowest BCUT2D eigenvalue weighted by molar-refractivity contribution is -0.137. The van der Waals surface area contributed by atoms with Crippen LogP contribution < -0.4 is 10.5 Å². The van der Waals surface area contributed by atoms with Crippen molar-refractivity contribution in [1.29, 1.82) is 0 Å². The third-order valence-electron chi connectivity index (χ3n) is 3.28. The highest BCUT2D eigenvalue weighted by Gasteiger charge is 2.16. The molecule has 0 radical (unpaired) electrons. The van der Waals surface area contributed by atoms with Crippen molar-refractivity contribution >= 4 is 30.0 Å². The second-order valence-electron chi connectivity index (χ2n) is 4.86. The molecule has 1 heterocycles. The number of benzene rings is 1. The molecule has 1 aromatic carbocycles. The van der Waals surface area contributed by atoms with Gasteiger partial charge in [0.25, 0.3) is 0 Å². The number of aromatic nitrogens is 1. The molecule has 2 aromatic rings. The fourth-order valence-electron chi connectivity index (χ4n) is 2.07. The number of carbonyl (C=O) groups is 1. The van der Waals surface area contributed by atoms with Gasteiger partial charge < -0.3 is 15.6 Å². The number of carboxylic acids is 1. The summed E-state index contributed by atoms with van der Waals surface area (Å²) in [7, 11) is 0. The standard InChI is InChI=1S/C16H17ClN2O3.ClH/c17-14-2-1-12(13(9-18)8-16(20)21)7-15(14)22-10-11-3-5-19-6-4-11;/h1-7,13H,8-10,18H2,(H,20,21);1H/t13-;/m0./s1. The van der Waals surface area contributed by atoms with Crippen molar-refractivity contribution in [2.75, 3.05) is 6.54 Å². The second-order valence-corrected chi connectivity index (χ2v) is 5.27. The van der Waals surface area contributed by atoms with E-state index in [9.17, 15) is 4.79 Å². The van der Waals surface area contributed by atoms with E-state index in [-0.39, 0.29) is 31.3 Å². The van der Waals surface area contributed by atoms with E-state index < -0.39 is 5.97 Å². The molecule has 3 N–H and O–H groups in total. The Morgan fingerprint density at radius 3 is 2.61 bits per heavy atom. The van der Waals surface area contributed by atoms with Gasteiger partial charge in [-0.1, -0.05) is 17.7 Å². The molecule has 124 valence electrons. The lowest BCUT2D eigenvalue weighted by atomic mass is 9.96. The minimum Gasteiger partial charge on any atom is -0.487 e. The Kier molecular flexibility index (Phi) is 7.81. The first-order chi connectivity index (χ1) is 10.6. The van der Waals surface area contributed by atoms with Crippen LogP contribution in [-0.4, -0.2) is 22.6 Å². The molecule has 0 amide bonds. The van der Waals surface area contributed by atoms with Gasteiger partial charge in [-0.25, -0.2) is 0 Å². The number of nitrogens with two attached hydrogens (primary N) is 1. The molecule has 7 heteroatoms. The lowest BCUT2D eigenvalue weighted by Gasteiger charge is -2.15. The number of rotatable bonds is 7. The Labute approximate surface area is 145 Å². The van der Waals surface area contributed by atoms with Crippen molar-refractivity contribution in [3.05, 3.63) is 58.9 Å². The summed E-state index contributed by atoms with van der Waals surface area (Å²) in [5.74, 6) is -0.637. The smallest absolute Gasteiger partial charge is 0.304 e. The molecule has 5 nitrogen and oxygen atoms in total. The number of halogens is 2. The van der Waals surface area contributed by atoms with Crippen LogP contribution in [0.15, 0.2) is 42.7 Å². The van der Waals surface area contributed by atoms with Gasteiger partial charge in [-0.15, -0.1) is 12.4 Å². The number of pyridine rings is 1. The Bertz CT molecular complexity index is 638. The van der Waals surface area contributed by atoms with E-state index in [1.54, 1.807) is 30.6 Å². The molecule has 1 aromatic heterocycles. The van der Waals surface area contributed by atoms with Crippen molar-refractivity contribution in [2.24, 2.45) is 5.73 Å². The van der Waals surface area contributed by atoms with E-state index in [1.807, 2.05) is 12.1 Å². The normalized spacial score (nSPS) is 11.4. The van der Waals surface area contributed by atoms with Gasteiger partial charge in [0.2, 0.25) is 0 Å². The van der Waals surface area contributed by atoms with E-state index in [0.717, 1.165) is 11.1 Å². The maximum absolute atomic E-state index is 10.9. The Morgan fingerprint density at radius 1 is 1.30 bits per heavy atom. The lowest BCUT2D eigenvalue weighted by Crippen LogP contribution is -2.16. The Balaban J connectivity index is 0.00000264. The quantitative estimate of drug-likeness (QED) is 0.795. The van der Waals surface area contributed by atoms with Crippen LogP contribution in [-0.2, 0) is 11.4 Å². The molecule has 1 atom stereocenters. The van der Waals surface area contributed by atoms with Gasteiger partial charge in [-0.3, -0.25) is 9.78 Å². The van der Waals surface area contributed by atoms with E-state index >= 15 is 0 Å². The zero-order valence-corrected chi connectivity index (χ0v) is 13.9. The largest absolute Gasteiger partial charge is 0.487 e. The molecule has 0 unspecified atom stereocenters. The SMILES string of the molecule is Cl.NC[C@H](CC(=O)O)c1ccc(Cl)c(OCc2ccncc2)c1. The van der Waals surface area contributed by atoms with E-state index in [4.69, 9.17) is 27.2 Å². The first kappa shape index (κ1) is 19.2. The van der Waals surface area contributed by atoms with Gasteiger partial charge in [0.15, 0.2) is 0 Å². The monoisotopic (exact) mass is 356 g/mol. The molecule has 0 aliphatic carbocycles. The molecule has 0 fully saturated rings. The highest BCUT2D eigenvalue weighted by atomic mass is 35.5. The van der Waals surface area contributed by atoms with Crippen molar-refractivity contribution in [2.45, 2.75) is 18.9 Å². The predicted octanol–water partition coefficient (Wildman–Crippen LogP) is 3.25. The van der Waals surface area contributed by atoms with Crippen LogP contribution >= 0.6 is 24.0 Å². The summed E-state index contributed by atoms with van der Waals surface area (Å²) < 4.78 is 5.72. The van der Waals surface area contributed by atoms with Crippen molar-refractivity contribution < 1.29 is 14.6 Å². The molecule has 23 heavy (non-hydrogen) atoms. The summed E-state index contributed by atoms with van der Waals surface area (Å²) in [5, 5.41) is 9.41. The molecule has 0 bridgehead atoms. The van der Waals surface area contributed by atoms with Crippen LogP contribution in [0.1, 0.15) is 23.5 Å². The Hall–Kier alpha value is -1.82. The molecule has 0 aliphatic rings. The van der Waals surface area contributed by atoms with Gasteiger partial charge in [0, 0.05) is 18.3 Å². The van der Waals surface area contributed by atoms with Crippen LogP contribution in [0.4, 0.5) is 0 Å². The zero-order valence-electron chi connectivity index (χ0n) is 12.3. The predicted molar refractivity (Wildman–Crippen MR) is 91.3 cm³/mol. The highest BCUT2D eigenvalue weighted by molar-refractivity contribution is 6.32. The average Bonchev–Trinajstić information content (AvgIpc) is 2.53. The summed E-state index contributed by atoms with van der Waals surface area (Å²) in [6, 6.07) is 8.94. The number of nitrogens with zero attached hydrogens (tertiary/aromatic N) is 1. The zero-order chi connectivity index (χ0) is 15.9. The van der Waals surface area contributed by atoms with Crippen LogP contribution in [0.5, 0.6) is 5.75 Å².